The molecule has 2 aliphatic rings. The topological polar surface area (TPSA) is 173 Å². The second-order valence-electron chi connectivity index (χ2n) is 7.17. The number of nitrogens with two attached hydrogens (primary N) is 1. The predicted octanol–water partition coefficient (Wildman–Crippen LogP) is 1.27. The molecule has 0 saturated carbocycles. The van der Waals surface area contributed by atoms with Gasteiger partial charge in [-0.05, 0) is 30.0 Å². The highest BCUT2D eigenvalue weighted by Gasteiger charge is 2.54. The van der Waals surface area contributed by atoms with Gasteiger partial charge in [-0.2, -0.15) is 9.36 Å². The Balaban J connectivity index is 1.48. The normalized spacial score (nSPS) is 20.0. The number of carboxylic acids is 1. The Morgan fingerprint density at radius 3 is 2.86 bits per heavy atom. The summed E-state index contributed by atoms with van der Waals surface area (Å²) in [5.41, 5.74) is 7.00. The summed E-state index contributed by atoms with van der Waals surface area (Å²) in [5.74, 6) is -2.18. The lowest BCUT2D eigenvalue weighted by Crippen LogP contribution is -2.71. The average Bonchev–Trinajstić information content (AvgIpc) is 3.27. The molecule has 4 rings (SSSR count). The third kappa shape index (κ3) is 5.16. The lowest BCUT2D eigenvalue weighted by molar-refractivity contribution is -0.150. The number of oxime groups is 1. The number of fused-ring (bicyclic) bond motifs is 1. The molecule has 4 N–H and O–H groups in total. The Hall–Kier alpha value is -3.43. The first-order valence-corrected chi connectivity index (χ1v) is 12.7. The van der Waals surface area contributed by atoms with Crippen molar-refractivity contribution in [2.24, 2.45) is 5.16 Å². The third-order valence-electron chi connectivity index (χ3n) is 4.88. The van der Waals surface area contributed by atoms with Gasteiger partial charge in [0.1, 0.15) is 24.2 Å². The number of carbonyl (C=O) groups is 3. The molecule has 2 aromatic heterocycles. The zero-order valence-electron chi connectivity index (χ0n) is 18.4. The minimum Gasteiger partial charge on any atom is -0.477 e. The molecule has 0 bridgehead atoms. The second kappa shape index (κ2) is 10.5. The minimum absolute atomic E-state index is 0.0350. The Morgan fingerprint density at radius 2 is 2.23 bits per heavy atom. The van der Waals surface area contributed by atoms with Crippen molar-refractivity contribution in [1.29, 1.82) is 0 Å². The number of amides is 2. The van der Waals surface area contributed by atoms with Gasteiger partial charge in [-0.3, -0.25) is 19.5 Å². The van der Waals surface area contributed by atoms with Gasteiger partial charge in [-0.25, -0.2) is 4.79 Å². The van der Waals surface area contributed by atoms with Crippen molar-refractivity contribution in [2.45, 2.75) is 18.3 Å². The Labute approximate surface area is 211 Å². The third-order valence-corrected chi connectivity index (χ3v) is 7.78. The maximum atomic E-state index is 12.9. The van der Waals surface area contributed by atoms with Gasteiger partial charge in [0.25, 0.3) is 11.8 Å². The second-order valence-corrected chi connectivity index (χ2v) is 10.1. The first kappa shape index (κ1) is 24.7. The van der Waals surface area contributed by atoms with Crippen molar-refractivity contribution in [3.8, 4) is 0 Å². The van der Waals surface area contributed by atoms with E-state index in [4.69, 9.17) is 10.6 Å². The SMILES string of the molecule is CON=C(C(=O)NC1C(=O)N2C(C(=O)O)=C(SC=Cc3ccc(C)nc3)CS[C@@H]12)c1nsc(N)n1. The monoisotopic (exact) mass is 533 g/mol. The van der Waals surface area contributed by atoms with E-state index in [2.05, 4.69) is 24.8 Å². The van der Waals surface area contributed by atoms with Crippen molar-refractivity contribution in [3.05, 3.63) is 51.4 Å². The number of aliphatic carboxylic acids is 1. The van der Waals surface area contributed by atoms with Crippen LogP contribution in [-0.4, -0.2) is 72.1 Å². The molecule has 182 valence electrons. The molecule has 0 aromatic carbocycles. The van der Waals surface area contributed by atoms with Crippen LogP contribution in [0.1, 0.15) is 17.1 Å². The van der Waals surface area contributed by atoms with Crippen LogP contribution >= 0.6 is 35.1 Å². The van der Waals surface area contributed by atoms with E-state index in [0.717, 1.165) is 22.8 Å². The van der Waals surface area contributed by atoms with Gasteiger partial charge in [-0.1, -0.05) is 23.0 Å². The van der Waals surface area contributed by atoms with Crippen LogP contribution in [0.15, 0.2) is 39.5 Å². The van der Waals surface area contributed by atoms with Crippen LogP contribution in [0, 0.1) is 6.92 Å². The standard InChI is InChI=1S/C20H19N7O5S3/c1-9-3-4-10(7-22-9)5-6-33-11-8-34-18-13(17(29)27(18)14(11)19(30)31)23-16(28)12(25-32-2)15-24-20(21)35-26-15/h3-7,13,18H,8H2,1-2H3,(H,23,28)(H,30,31)(H2,21,24,26)/t13?,18-/m0/s1. The molecule has 35 heavy (non-hydrogen) atoms. The Bertz CT molecular complexity index is 1260. The molecule has 1 fully saturated rings. The number of nitrogens with one attached hydrogen (secondary N) is 1. The minimum atomic E-state index is -1.22. The van der Waals surface area contributed by atoms with E-state index in [0.29, 0.717) is 10.7 Å². The Morgan fingerprint density at radius 1 is 1.43 bits per heavy atom. The molecular weight excluding hydrogens is 514 g/mol. The number of anilines is 1. The molecule has 0 radical (unpaired) electrons. The quantitative estimate of drug-likeness (QED) is 0.253. The van der Waals surface area contributed by atoms with E-state index in [1.54, 1.807) is 11.6 Å². The highest BCUT2D eigenvalue weighted by molar-refractivity contribution is 8.08. The summed E-state index contributed by atoms with van der Waals surface area (Å²) in [6, 6.07) is 2.84. The molecule has 2 atom stereocenters. The van der Waals surface area contributed by atoms with Crippen molar-refractivity contribution >= 4 is 69.8 Å². The largest absolute Gasteiger partial charge is 0.477 e. The fraction of sp³-hybridized carbons (Fsp3) is 0.250. The molecule has 0 aliphatic carbocycles. The van der Waals surface area contributed by atoms with Crippen LogP contribution in [0.3, 0.4) is 0 Å². The van der Waals surface area contributed by atoms with Crippen LogP contribution in [0.2, 0.25) is 0 Å². The summed E-state index contributed by atoms with van der Waals surface area (Å²) in [6.07, 6.45) is 3.53. The summed E-state index contributed by atoms with van der Waals surface area (Å²) in [4.78, 5) is 52.2. The van der Waals surface area contributed by atoms with Crippen molar-refractivity contribution in [2.75, 3.05) is 18.6 Å². The Kier molecular flexibility index (Phi) is 7.37. The zero-order valence-corrected chi connectivity index (χ0v) is 20.8. The van der Waals surface area contributed by atoms with Crippen molar-refractivity contribution in [1.82, 2.24) is 24.6 Å². The van der Waals surface area contributed by atoms with E-state index in [1.807, 2.05) is 25.1 Å². The molecular formula is C20H19N7O5S3. The highest BCUT2D eigenvalue weighted by atomic mass is 32.2. The molecule has 12 nitrogen and oxygen atoms in total. The number of nitrogen functional groups attached to an aromatic ring is 1. The maximum absolute atomic E-state index is 12.9. The number of aromatic nitrogens is 3. The number of rotatable bonds is 8. The molecule has 1 unspecified atom stereocenters. The number of β-lactam (4-membered cyclic amide) rings is 1. The number of nitrogens with zero attached hydrogens (tertiary/aromatic N) is 5. The van der Waals surface area contributed by atoms with Crippen LogP contribution in [0.25, 0.3) is 6.08 Å². The molecule has 4 heterocycles. The first-order valence-electron chi connectivity index (χ1n) is 9.98. The number of carbonyl (C=O) groups excluding carboxylic acids is 2. The molecule has 15 heteroatoms. The number of carboxylic acid groups (broad SMARTS) is 1. The number of hydrogen-bond donors (Lipinski definition) is 3. The van der Waals surface area contributed by atoms with E-state index in [9.17, 15) is 19.5 Å². The van der Waals surface area contributed by atoms with Crippen molar-refractivity contribution in [3.63, 3.8) is 0 Å². The summed E-state index contributed by atoms with van der Waals surface area (Å²) in [7, 11) is 1.25. The zero-order chi connectivity index (χ0) is 25.1. The predicted molar refractivity (Wildman–Crippen MR) is 133 cm³/mol. The molecule has 2 aliphatic heterocycles. The van der Waals surface area contributed by atoms with Crippen LogP contribution in [0.4, 0.5) is 5.13 Å². The summed E-state index contributed by atoms with van der Waals surface area (Å²) in [6.45, 7) is 1.89. The number of hydrogen-bond acceptors (Lipinski definition) is 12. The van der Waals surface area contributed by atoms with Crippen molar-refractivity contribution < 1.29 is 24.3 Å². The number of pyridine rings is 1. The summed E-state index contributed by atoms with van der Waals surface area (Å²) < 4.78 is 3.94. The average molecular weight is 534 g/mol. The van der Waals surface area contributed by atoms with Gasteiger partial charge < -0.3 is 21.0 Å². The molecule has 2 amide bonds. The first-order chi connectivity index (χ1) is 16.8. The van der Waals surface area contributed by atoms with Crippen LogP contribution < -0.4 is 11.1 Å². The van der Waals surface area contributed by atoms with E-state index >= 15 is 0 Å². The summed E-state index contributed by atoms with van der Waals surface area (Å²) in [5, 5.41) is 17.4. The van der Waals surface area contributed by atoms with E-state index in [-0.39, 0.29) is 22.4 Å². The van der Waals surface area contributed by atoms with E-state index < -0.39 is 29.2 Å². The van der Waals surface area contributed by atoms with E-state index in [1.165, 1.54) is 35.5 Å². The maximum Gasteiger partial charge on any atom is 0.353 e. The van der Waals surface area contributed by atoms with Gasteiger partial charge in [0.2, 0.25) is 11.5 Å². The summed E-state index contributed by atoms with van der Waals surface area (Å²) >= 11 is 3.46. The van der Waals surface area contributed by atoms with Gasteiger partial charge in [-0.15, -0.1) is 11.8 Å². The molecule has 1 saturated heterocycles. The van der Waals surface area contributed by atoms with Gasteiger partial charge >= 0.3 is 5.97 Å². The highest BCUT2D eigenvalue weighted by Crippen LogP contribution is 2.43. The molecule has 0 spiro atoms. The lowest BCUT2D eigenvalue weighted by Gasteiger charge is -2.49. The smallest absolute Gasteiger partial charge is 0.353 e. The van der Waals surface area contributed by atoms with Gasteiger partial charge in [0.05, 0.1) is 0 Å². The fourth-order valence-electron chi connectivity index (χ4n) is 3.27. The van der Waals surface area contributed by atoms with Crippen LogP contribution in [0.5, 0.6) is 0 Å². The fourth-order valence-corrected chi connectivity index (χ4v) is 6.06. The van der Waals surface area contributed by atoms with Gasteiger partial charge in [0.15, 0.2) is 5.13 Å². The number of thioether (sulfide) groups is 2. The van der Waals surface area contributed by atoms with Crippen LogP contribution in [-0.2, 0) is 19.2 Å². The van der Waals surface area contributed by atoms with Gasteiger partial charge in [0, 0.05) is 34.1 Å². The number of aryl methyl sites for hydroxylation is 1. The lowest BCUT2D eigenvalue weighted by atomic mass is 10.0. The molecule has 2 aromatic rings.